The maximum atomic E-state index is 11.6. The third-order valence-electron chi connectivity index (χ3n) is 2.61. The van der Waals surface area contributed by atoms with Gasteiger partial charge in [0.25, 0.3) is 0 Å². The zero-order valence-electron chi connectivity index (χ0n) is 9.75. The van der Waals surface area contributed by atoms with Crippen LogP contribution >= 0.6 is 0 Å². The minimum absolute atomic E-state index is 0.249. The summed E-state index contributed by atoms with van der Waals surface area (Å²) in [6.07, 6.45) is 4.71. The van der Waals surface area contributed by atoms with Crippen LogP contribution in [0.4, 0.5) is 0 Å². The number of carbonyl (C=O) groups excluding carboxylic acids is 1. The number of hydrogen-bond donors (Lipinski definition) is 1. The molecule has 0 bridgehead atoms. The van der Waals surface area contributed by atoms with Gasteiger partial charge >= 0.3 is 0 Å². The van der Waals surface area contributed by atoms with E-state index in [1.165, 1.54) is 0 Å². The fraction of sp³-hybridized carbons (Fsp3) is 0.909. The predicted octanol–water partition coefficient (Wildman–Crippen LogP) is 1.76. The molecule has 0 saturated carbocycles. The normalized spacial score (nSPS) is 12.6. The molecular weight excluding hydrogens is 176 g/mol. The summed E-state index contributed by atoms with van der Waals surface area (Å²) in [6.45, 7) is 4.93. The first-order valence-electron chi connectivity index (χ1n) is 5.59. The number of hydrogen-bond acceptors (Lipinski definition) is 2. The highest BCUT2D eigenvalue weighted by atomic mass is 16.2. The number of carbonyl (C=O) groups is 1. The Morgan fingerprint density at radius 1 is 1.43 bits per heavy atom. The molecule has 2 N–H and O–H groups in total. The van der Waals surface area contributed by atoms with E-state index in [4.69, 9.17) is 5.73 Å². The van der Waals surface area contributed by atoms with E-state index in [-0.39, 0.29) is 5.91 Å². The van der Waals surface area contributed by atoms with Crippen LogP contribution in [0.2, 0.25) is 0 Å². The lowest BCUT2D eigenvalue weighted by Gasteiger charge is -2.24. The van der Waals surface area contributed by atoms with Gasteiger partial charge in [0.05, 0.1) is 0 Å². The number of rotatable bonds is 7. The van der Waals surface area contributed by atoms with Gasteiger partial charge in [-0.15, -0.1) is 0 Å². The molecule has 0 aliphatic heterocycles. The third kappa shape index (κ3) is 5.22. The Balaban J connectivity index is 3.74. The van der Waals surface area contributed by atoms with E-state index in [0.717, 1.165) is 25.7 Å². The summed E-state index contributed by atoms with van der Waals surface area (Å²) in [5.74, 6) is 0.249. The average Bonchev–Trinajstić information content (AvgIpc) is 2.17. The van der Waals surface area contributed by atoms with Gasteiger partial charge in [-0.05, 0) is 32.7 Å². The van der Waals surface area contributed by atoms with Gasteiger partial charge in [0.2, 0.25) is 5.91 Å². The lowest BCUT2D eigenvalue weighted by molar-refractivity contribution is -0.131. The Labute approximate surface area is 87.6 Å². The number of nitrogens with zero attached hydrogens (tertiary/aromatic N) is 1. The van der Waals surface area contributed by atoms with Crippen LogP contribution in [0, 0.1) is 0 Å². The quantitative estimate of drug-likeness (QED) is 0.637. The lowest BCUT2D eigenvalue weighted by atomic mass is 10.1. The van der Waals surface area contributed by atoms with Crippen molar-refractivity contribution in [3.63, 3.8) is 0 Å². The maximum Gasteiger partial charge on any atom is 0.222 e. The first kappa shape index (κ1) is 13.4. The first-order valence-corrected chi connectivity index (χ1v) is 5.59. The van der Waals surface area contributed by atoms with Crippen LogP contribution in [0.25, 0.3) is 0 Å². The molecule has 14 heavy (non-hydrogen) atoms. The summed E-state index contributed by atoms with van der Waals surface area (Å²) in [5, 5.41) is 0. The number of nitrogens with two attached hydrogens (primary N) is 1. The van der Waals surface area contributed by atoms with Crippen molar-refractivity contribution in [2.45, 2.75) is 52.0 Å². The Bertz CT molecular complexity index is 159. The monoisotopic (exact) mass is 200 g/mol. The molecule has 0 aliphatic rings. The van der Waals surface area contributed by atoms with E-state index in [1.54, 1.807) is 0 Å². The highest BCUT2D eigenvalue weighted by Gasteiger charge is 2.13. The van der Waals surface area contributed by atoms with Crippen LogP contribution in [0.15, 0.2) is 0 Å². The summed E-state index contributed by atoms with van der Waals surface area (Å²) < 4.78 is 0. The Kier molecular flexibility index (Phi) is 7.48. The highest BCUT2D eigenvalue weighted by Crippen LogP contribution is 2.07. The minimum Gasteiger partial charge on any atom is -0.343 e. The second-order valence-corrected chi connectivity index (χ2v) is 3.89. The highest BCUT2D eigenvalue weighted by molar-refractivity contribution is 5.76. The molecule has 0 radical (unpaired) electrons. The summed E-state index contributed by atoms with van der Waals surface area (Å²) in [5.41, 5.74) is 5.37. The molecule has 3 heteroatoms. The van der Waals surface area contributed by atoms with Crippen LogP contribution in [-0.4, -0.2) is 30.4 Å². The SMILES string of the molecule is CCCC(C)N(C)C(=O)CCCCN. The van der Waals surface area contributed by atoms with Gasteiger partial charge in [0.1, 0.15) is 0 Å². The number of unbranched alkanes of at least 4 members (excludes halogenated alkanes) is 1. The van der Waals surface area contributed by atoms with Crippen molar-refractivity contribution in [2.24, 2.45) is 5.73 Å². The molecule has 84 valence electrons. The lowest BCUT2D eigenvalue weighted by Crippen LogP contribution is -2.34. The Morgan fingerprint density at radius 3 is 2.57 bits per heavy atom. The van der Waals surface area contributed by atoms with E-state index in [2.05, 4.69) is 13.8 Å². The van der Waals surface area contributed by atoms with Crippen LogP contribution in [-0.2, 0) is 4.79 Å². The molecule has 0 spiro atoms. The molecule has 0 fully saturated rings. The maximum absolute atomic E-state index is 11.6. The fourth-order valence-corrected chi connectivity index (χ4v) is 1.45. The minimum atomic E-state index is 0.249. The molecular formula is C11H24N2O. The molecule has 3 nitrogen and oxygen atoms in total. The van der Waals surface area contributed by atoms with E-state index in [0.29, 0.717) is 19.0 Å². The molecule has 0 heterocycles. The van der Waals surface area contributed by atoms with Crippen molar-refractivity contribution in [3.8, 4) is 0 Å². The van der Waals surface area contributed by atoms with Crippen molar-refractivity contribution in [1.29, 1.82) is 0 Å². The third-order valence-corrected chi connectivity index (χ3v) is 2.61. The van der Waals surface area contributed by atoms with Crippen molar-refractivity contribution in [3.05, 3.63) is 0 Å². The second-order valence-electron chi connectivity index (χ2n) is 3.89. The summed E-state index contributed by atoms with van der Waals surface area (Å²) in [6, 6.07) is 0.366. The molecule has 0 aromatic carbocycles. The van der Waals surface area contributed by atoms with Crippen molar-refractivity contribution < 1.29 is 4.79 Å². The second kappa shape index (κ2) is 7.80. The van der Waals surface area contributed by atoms with Gasteiger partial charge in [-0.25, -0.2) is 0 Å². The predicted molar refractivity (Wildman–Crippen MR) is 60.0 cm³/mol. The van der Waals surface area contributed by atoms with Crippen molar-refractivity contribution in [1.82, 2.24) is 4.90 Å². The smallest absolute Gasteiger partial charge is 0.222 e. The molecule has 0 aliphatic carbocycles. The van der Waals surface area contributed by atoms with Gasteiger partial charge in [0, 0.05) is 19.5 Å². The van der Waals surface area contributed by atoms with Gasteiger partial charge in [0.15, 0.2) is 0 Å². The molecule has 1 amide bonds. The zero-order chi connectivity index (χ0) is 11.0. The van der Waals surface area contributed by atoms with Gasteiger partial charge in [-0.1, -0.05) is 13.3 Å². The van der Waals surface area contributed by atoms with Crippen LogP contribution in [0.5, 0.6) is 0 Å². The molecule has 0 aromatic heterocycles. The van der Waals surface area contributed by atoms with Crippen molar-refractivity contribution in [2.75, 3.05) is 13.6 Å². The Morgan fingerprint density at radius 2 is 2.07 bits per heavy atom. The molecule has 0 aromatic rings. The average molecular weight is 200 g/mol. The number of amides is 1. The molecule has 1 unspecified atom stereocenters. The molecule has 0 rings (SSSR count). The largest absolute Gasteiger partial charge is 0.343 e. The van der Waals surface area contributed by atoms with Gasteiger partial charge in [-0.2, -0.15) is 0 Å². The molecule has 1 atom stereocenters. The zero-order valence-corrected chi connectivity index (χ0v) is 9.75. The summed E-state index contributed by atoms with van der Waals surface area (Å²) in [7, 11) is 1.89. The topological polar surface area (TPSA) is 46.3 Å². The standard InChI is InChI=1S/C11H24N2O/c1-4-7-10(2)13(3)11(14)8-5-6-9-12/h10H,4-9,12H2,1-3H3. The van der Waals surface area contributed by atoms with Gasteiger partial charge < -0.3 is 10.6 Å². The van der Waals surface area contributed by atoms with Crippen LogP contribution in [0.3, 0.4) is 0 Å². The first-order chi connectivity index (χ1) is 6.63. The fourth-order valence-electron chi connectivity index (χ4n) is 1.45. The van der Waals surface area contributed by atoms with Crippen LogP contribution in [0.1, 0.15) is 46.0 Å². The summed E-state index contributed by atoms with van der Waals surface area (Å²) in [4.78, 5) is 13.5. The van der Waals surface area contributed by atoms with E-state index < -0.39 is 0 Å². The van der Waals surface area contributed by atoms with Gasteiger partial charge in [-0.3, -0.25) is 4.79 Å². The van der Waals surface area contributed by atoms with E-state index in [1.807, 2.05) is 11.9 Å². The van der Waals surface area contributed by atoms with Crippen molar-refractivity contribution >= 4 is 5.91 Å². The van der Waals surface area contributed by atoms with E-state index >= 15 is 0 Å². The Hall–Kier alpha value is -0.570. The molecule has 0 saturated heterocycles. The van der Waals surface area contributed by atoms with Crippen LogP contribution < -0.4 is 5.73 Å². The summed E-state index contributed by atoms with van der Waals surface area (Å²) >= 11 is 0. The van der Waals surface area contributed by atoms with E-state index in [9.17, 15) is 4.79 Å².